The minimum absolute atomic E-state index is 0.568. The van der Waals surface area contributed by atoms with Gasteiger partial charge in [-0.15, -0.1) is 0 Å². The normalized spacial score (nSPS) is 21.6. The second-order valence-corrected chi connectivity index (χ2v) is 7.43. The molecule has 1 aliphatic carbocycles. The highest BCUT2D eigenvalue weighted by molar-refractivity contribution is 5.54. The van der Waals surface area contributed by atoms with Gasteiger partial charge in [0.1, 0.15) is 0 Å². The first-order valence-electron chi connectivity index (χ1n) is 8.67. The zero-order chi connectivity index (χ0) is 14.9. The fraction of sp³-hybridized carbons (Fsp3) is 0.684. The maximum absolute atomic E-state index is 3.60. The van der Waals surface area contributed by atoms with Crippen molar-refractivity contribution in [1.82, 2.24) is 5.32 Å². The molecule has 1 heterocycles. The highest BCUT2D eigenvalue weighted by Crippen LogP contribution is 2.36. The first-order chi connectivity index (χ1) is 10.1. The third-order valence-electron chi connectivity index (χ3n) is 5.60. The summed E-state index contributed by atoms with van der Waals surface area (Å²) >= 11 is 0. The van der Waals surface area contributed by atoms with Crippen molar-refractivity contribution >= 4 is 5.69 Å². The van der Waals surface area contributed by atoms with Crippen molar-refractivity contribution in [2.45, 2.75) is 65.5 Å². The quantitative estimate of drug-likeness (QED) is 0.870. The molecule has 1 N–H and O–H groups in total. The molecule has 2 heteroatoms. The predicted molar refractivity (Wildman–Crippen MR) is 90.9 cm³/mol. The molecule has 1 saturated heterocycles. The van der Waals surface area contributed by atoms with Gasteiger partial charge in [-0.1, -0.05) is 32.4 Å². The third-order valence-corrected chi connectivity index (χ3v) is 5.60. The highest BCUT2D eigenvalue weighted by Gasteiger charge is 2.28. The maximum atomic E-state index is 3.60. The van der Waals surface area contributed by atoms with E-state index in [4.69, 9.17) is 0 Å². The van der Waals surface area contributed by atoms with Crippen LogP contribution in [-0.4, -0.2) is 19.1 Å². The summed E-state index contributed by atoms with van der Waals surface area (Å²) in [6.45, 7) is 10.5. The van der Waals surface area contributed by atoms with Crippen molar-refractivity contribution in [3.05, 3.63) is 29.3 Å². The molecule has 0 amide bonds. The lowest BCUT2D eigenvalue weighted by molar-refractivity contribution is 0.238. The second kappa shape index (κ2) is 6.00. The number of rotatable bonds is 5. The van der Waals surface area contributed by atoms with Gasteiger partial charge in [0, 0.05) is 31.4 Å². The molecule has 0 atom stereocenters. The number of nitrogens with zero attached hydrogens (tertiary/aromatic N) is 1. The van der Waals surface area contributed by atoms with Crippen molar-refractivity contribution in [3.63, 3.8) is 0 Å². The third kappa shape index (κ3) is 3.60. The molecule has 2 fully saturated rings. The lowest BCUT2D eigenvalue weighted by Gasteiger charge is -2.40. The number of benzene rings is 1. The minimum atomic E-state index is 0.568. The Morgan fingerprint density at radius 3 is 2.52 bits per heavy atom. The molecule has 116 valence electrons. The number of piperidine rings is 1. The second-order valence-electron chi connectivity index (χ2n) is 7.43. The molecule has 0 spiro atoms. The Bertz CT molecular complexity index is 482. The van der Waals surface area contributed by atoms with E-state index in [2.05, 4.69) is 49.2 Å². The van der Waals surface area contributed by atoms with Crippen LogP contribution in [0, 0.1) is 12.3 Å². The lowest BCUT2D eigenvalue weighted by Crippen LogP contribution is -2.38. The molecular formula is C19H30N2. The molecule has 2 nitrogen and oxygen atoms in total. The van der Waals surface area contributed by atoms with E-state index in [1.807, 2.05) is 0 Å². The molecule has 1 aromatic rings. The van der Waals surface area contributed by atoms with Crippen molar-refractivity contribution in [1.29, 1.82) is 0 Å². The number of aryl methyl sites for hydroxylation is 1. The van der Waals surface area contributed by atoms with E-state index in [1.165, 1.54) is 62.0 Å². The van der Waals surface area contributed by atoms with E-state index in [-0.39, 0.29) is 0 Å². The van der Waals surface area contributed by atoms with Crippen LogP contribution in [0.4, 0.5) is 5.69 Å². The molecule has 0 bridgehead atoms. The zero-order valence-electron chi connectivity index (χ0n) is 13.9. The first-order valence-corrected chi connectivity index (χ1v) is 8.67. The highest BCUT2D eigenvalue weighted by atomic mass is 15.1. The van der Waals surface area contributed by atoms with Gasteiger partial charge in [-0.2, -0.15) is 0 Å². The van der Waals surface area contributed by atoms with E-state index in [9.17, 15) is 0 Å². The van der Waals surface area contributed by atoms with Crippen molar-refractivity contribution < 1.29 is 0 Å². The van der Waals surface area contributed by atoms with Crippen LogP contribution in [0.1, 0.15) is 57.1 Å². The van der Waals surface area contributed by atoms with Gasteiger partial charge in [-0.3, -0.25) is 0 Å². The van der Waals surface area contributed by atoms with Crippen molar-refractivity contribution in [2.24, 2.45) is 5.41 Å². The van der Waals surface area contributed by atoms with E-state index in [0.717, 1.165) is 12.6 Å². The average Bonchev–Trinajstić information content (AvgIpc) is 3.31. The molecule has 21 heavy (non-hydrogen) atoms. The van der Waals surface area contributed by atoms with Gasteiger partial charge in [0.25, 0.3) is 0 Å². The van der Waals surface area contributed by atoms with Gasteiger partial charge in [-0.05, 0) is 55.2 Å². The standard InChI is InChI=1S/C19H30N2/c1-4-19(3)9-11-21(12-10-19)18-8-5-16(13-15(18)2)14-20-17-6-7-17/h5,8,13,17,20H,4,6-7,9-12,14H2,1-3H3. The van der Waals surface area contributed by atoms with Gasteiger partial charge in [0.05, 0.1) is 0 Å². The molecular weight excluding hydrogens is 256 g/mol. The SMILES string of the molecule is CCC1(C)CCN(c2ccc(CNC3CC3)cc2C)CC1. The fourth-order valence-electron chi connectivity index (χ4n) is 3.37. The largest absolute Gasteiger partial charge is 0.371 e. The molecule has 1 aromatic carbocycles. The van der Waals surface area contributed by atoms with Crippen LogP contribution < -0.4 is 10.2 Å². The lowest BCUT2D eigenvalue weighted by atomic mass is 9.78. The Hall–Kier alpha value is -1.02. The summed E-state index contributed by atoms with van der Waals surface area (Å²) in [5.41, 5.74) is 4.88. The number of hydrogen-bond acceptors (Lipinski definition) is 2. The summed E-state index contributed by atoms with van der Waals surface area (Å²) in [5, 5.41) is 3.60. The minimum Gasteiger partial charge on any atom is -0.371 e. The molecule has 2 aliphatic rings. The van der Waals surface area contributed by atoms with Crippen LogP contribution in [0.15, 0.2) is 18.2 Å². The first kappa shape index (κ1) is 14.9. The summed E-state index contributed by atoms with van der Waals surface area (Å²) < 4.78 is 0. The van der Waals surface area contributed by atoms with Crippen LogP contribution in [0.3, 0.4) is 0 Å². The maximum Gasteiger partial charge on any atom is 0.0396 e. The molecule has 0 aromatic heterocycles. The van der Waals surface area contributed by atoms with Crippen LogP contribution in [0.5, 0.6) is 0 Å². The van der Waals surface area contributed by atoms with E-state index < -0.39 is 0 Å². The summed E-state index contributed by atoms with van der Waals surface area (Å²) in [6, 6.07) is 7.82. The zero-order valence-corrected chi connectivity index (χ0v) is 13.9. The van der Waals surface area contributed by atoms with Gasteiger partial charge in [-0.25, -0.2) is 0 Å². The van der Waals surface area contributed by atoms with Gasteiger partial charge in [0.2, 0.25) is 0 Å². The molecule has 0 unspecified atom stereocenters. The van der Waals surface area contributed by atoms with Gasteiger partial charge < -0.3 is 10.2 Å². The number of hydrogen-bond donors (Lipinski definition) is 1. The average molecular weight is 286 g/mol. The Balaban J connectivity index is 1.62. The van der Waals surface area contributed by atoms with Crippen molar-refractivity contribution in [2.75, 3.05) is 18.0 Å². The molecule has 3 rings (SSSR count). The van der Waals surface area contributed by atoms with E-state index in [1.54, 1.807) is 0 Å². The summed E-state index contributed by atoms with van der Waals surface area (Å²) in [6.07, 6.45) is 6.69. The smallest absolute Gasteiger partial charge is 0.0396 e. The van der Waals surface area contributed by atoms with E-state index >= 15 is 0 Å². The van der Waals surface area contributed by atoms with Crippen LogP contribution in [0.25, 0.3) is 0 Å². The number of anilines is 1. The van der Waals surface area contributed by atoms with E-state index in [0.29, 0.717) is 5.41 Å². The monoisotopic (exact) mass is 286 g/mol. The Kier molecular flexibility index (Phi) is 4.26. The molecule has 1 aliphatic heterocycles. The Labute approximate surface area is 129 Å². The topological polar surface area (TPSA) is 15.3 Å². The van der Waals surface area contributed by atoms with Gasteiger partial charge in [0.15, 0.2) is 0 Å². The summed E-state index contributed by atoms with van der Waals surface area (Å²) in [7, 11) is 0. The number of nitrogens with one attached hydrogen (secondary N) is 1. The summed E-state index contributed by atoms with van der Waals surface area (Å²) in [4.78, 5) is 2.59. The molecule has 1 saturated carbocycles. The van der Waals surface area contributed by atoms with Crippen LogP contribution in [-0.2, 0) is 6.54 Å². The fourth-order valence-corrected chi connectivity index (χ4v) is 3.37. The Morgan fingerprint density at radius 1 is 1.24 bits per heavy atom. The van der Waals surface area contributed by atoms with Crippen molar-refractivity contribution in [3.8, 4) is 0 Å². The summed E-state index contributed by atoms with van der Waals surface area (Å²) in [5.74, 6) is 0. The molecule has 0 radical (unpaired) electrons. The Morgan fingerprint density at radius 2 is 1.95 bits per heavy atom. The predicted octanol–water partition coefficient (Wildman–Crippen LogP) is 4.26. The van der Waals surface area contributed by atoms with Crippen LogP contribution in [0.2, 0.25) is 0 Å². The van der Waals surface area contributed by atoms with Gasteiger partial charge >= 0.3 is 0 Å². The van der Waals surface area contributed by atoms with Crippen LogP contribution >= 0.6 is 0 Å².